The van der Waals surface area contributed by atoms with Gasteiger partial charge in [0.15, 0.2) is 0 Å². The van der Waals surface area contributed by atoms with Crippen molar-refractivity contribution in [2.24, 2.45) is 0 Å². The third-order valence-corrected chi connectivity index (χ3v) is 3.27. The zero-order valence-corrected chi connectivity index (χ0v) is 10.6. The van der Waals surface area contributed by atoms with Gasteiger partial charge in [0.2, 0.25) is 5.95 Å². The van der Waals surface area contributed by atoms with Crippen LogP contribution < -0.4 is 4.90 Å². The van der Waals surface area contributed by atoms with Crippen LogP contribution in [-0.2, 0) is 13.0 Å². The molecule has 1 aliphatic heterocycles. The number of nitrogens with zero attached hydrogens (tertiary/aromatic N) is 5. The van der Waals surface area contributed by atoms with Crippen molar-refractivity contribution in [3.63, 3.8) is 0 Å². The summed E-state index contributed by atoms with van der Waals surface area (Å²) in [6.45, 7) is 6.07. The highest BCUT2D eigenvalue weighted by atomic mass is 15.3. The normalized spacial score (nSPS) is 14.9. The first-order chi connectivity index (χ1) is 8.75. The van der Waals surface area contributed by atoms with E-state index in [9.17, 15) is 0 Å². The molecule has 2 aromatic rings. The molecule has 0 fully saturated rings. The summed E-state index contributed by atoms with van der Waals surface area (Å²) in [4.78, 5) is 14.4. The molecule has 6 nitrogen and oxygen atoms in total. The Bertz CT molecular complexity index is 533. The fourth-order valence-electron chi connectivity index (χ4n) is 2.36. The second-order valence-corrected chi connectivity index (χ2v) is 4.83. The van der Waals surface area contributed by atoms with E-state index in [-0.39, 0.29) is 0 Å². The third-order valence-electron chi connectivity index (χ3n) is 3.27. The number of aromatic amines is 1. The number of aromatic nitrogens is 5. The predicted octanol–water partition coefficient (Wildman–Crippen LogP) is 1.28. The summed E-state index contributed by atoms with van der Waals surface area (Å²) in [5.41, 5.74) is 3.71. The predicted molar refractivity (Wildman–Crippen MR) is 67.3 cm³/mol. The van der Waals surface area contributed by atoms with Gasteiger partial charge in [-0.05, 0) is 5.92 Å². The summed E-state index contributed by atoms with van der Waals surface area (Å²) in [6.07, 6.45) is 4.04. The van der Waals surface area contributed by atoms with E-state index >= 15 is 0 Å². The van der Waals surface area contributed by atoms with Crippen molar-refractivity contribution in [1.82, 2.24) is 25.1 Å². The second kappa shape index (κ2) is 4.36. The topological polar surface area (TPSA) is 70.6 Å². The number of rotatable bonds is 2. The quantitative estimate of drug-likeness (QED) is 0.861. The lowest BCUT2D eigenvalue weighted by Gasteiger charge is -2.27. The number of anilines is 1. The van der Waals surface area contributed by atoms with Crippen molar-refractivity contribution in [3.05, 3.63) is 29.6 Å². The minimum absolute atomic E-state index is 0.434. The van der Waals surface area contributed by atoms with Crippen molar-refractivity contribution in [2.75, 3.05) is 11.4 Å². The van der Waals surface area contributed by atoms with Gasteiger partial charge in [0.1, 0.15) is 12.7 Å². The molecule has 1 N–H and O–H groups in total. The zero-order valence-electron chi connectivity index (χ0n) is 10.6. The molecule has 0 radical (unpaired) electrons. The maximum Gasteiger partial charge on any atom is 0.228 e. The molecule has 0 amide bonds. The molecule has 0 saturated heterocycles. The summed E-state index contributed by atoms with van der Waals surface area (Å²) in [5.74, 6) is 1.18. The van der Waals surface area contributed by atoms with Crippen LogP contribution in [0.5, 0.6) is 0 Å². The van der Waals surface area contributed by atoms with E-state index in [1.165, 1.54) is 23.9 Å². The van der Waals surface area contributed by atoms with Gasteiger partial charge in [0.25, 0.3) is 0 Å². The second-order valence-electron chi connectivity index (χ2n) is 4.83. The van der Waals surface area contributed by atoms with Gasteiger partial charge in [-0.2, -0.15) is 5.10 Å². The average molecular weight is 244 g/mol. The van der Waals surface area contributed by atoms with Gasteiger partial charge < -0.3 is 4.90 Å². The SMILES string of the molecule is CC(C)c1n[nH]c2c1CN(c1ncncn1)CC2. The lowest BCUT2D eigenvalue weighted by Crippen LogP contribution is -2.32. The minimum Gasteiger partial charge on any atom is -0.336 e. The number of H-pyrrole nitrogens is 1. The molecule has 0 atom stereocenters. The molecule has 18 heavy (non-hydrogen) atoms. The summed E-state index contributed by atoms with van der Waals surface area (Å²) in [5, 5.41) is 7.57. The van der Waals surface area contributed by atoms with Crippen LogP contribution in [0.15, 0.2) is 12.7 Å². The van der Waals surface area contributed by atoms with Crippen LogP contribution in [0.25, 0.3) is 0 Å². The molecule has 0 aromatic carbocycles. The number of nitrogens with one attached hydrogen (secondary N) is 1. The van der Waals surface area contributed by atoms with Crippen molar-refractivity contribution in [2.45, 2.75) is 32.7 Å². The van der Waals surface area contributed by atoms with Gasteiger partial charge in [0.05, 0.1) is 5.69 Å². The largest absolute Gasteiger partial charge is 0.336 e. The molecule has 3 heterocycles. The monoisotopic (exact) mass is 244 g/mol. The van der Waals surface area contributed by atoms with Crippen LogP contribution in [-0.4, -0.2) is 31.7 Å². The Labute approximate surface area is 105 Å². The Morgan fingerprint density at radius 3 is 2.78 bits per heavy atom. The van der Waals surface area contributed by atoms with Gasteiger partial charge in [-0.25, -0.2) is 15.0 Å². The molecule has 0 saturated carbocycles. The molecule has 0 aliphatic carbocycles. The summed E-state index contributed by atoms with van der Waals surface area (Å²) in [6, 6.07) is 0. The van der Waals surface area contributed by atoms with Crippen molar-refractivity contribution < 1.29 is 0 Å². The fraction of sp³-hybridized carbons (Fsp3) is 0.500. The highest BCUT2D eigenvalue weighted by Crippen LogP contribution is 2.26. The molecule has 3 rings (SSSR count). The highest BCUT2D eigenvalue weighted by molar-refractivity contribution is 5.39. The average Bonchev–Trinajstić information content (AvgIpc) is 2.82. The summed E-state index contributed by atoms with van der Waals surface area (Å²) < 4.78 is 0. The van der Waals surface area contributed by atoms with Gasteiger partial charge in [0, 0.05) is 30.8 Å². The van der Waals surface area contributed by atoms with E-state index < -0.39 is 0 Å². The van der Waals surface area contributed by atoms with Gasteiger partial charge in [-0.1, -0.05) is 13.8 Å². The van der Waals surface area contributed by atoms with E-state index in [1.54, 1.807) is 0 Å². The maximum atomic E-state index is 4.42. The minimum atomic E-state index is 0.434. The standard InChI is InChI=1S/C12H16N6/c1-8(2)11-9-5-18(4-3-10(9)16-17-11)12-14-6-13-7-15-12/h6-8H,3-5H2,1-2H3,(H,16,17). The first-order valence-electron chi connectivity index (χ1n) is 6.18. The number of hydrogen-bond donors (Lipinski definition) is 1. The van der Waals surface area contributed by atoms with Crippen molar-refractivity contribution in [1.29, 1.82) is 0 Å². The van der Waals surface area contributed by atoms with Crippen LogP contribution in [0, 0.1) is 0 Å². The molecule has 0 unspecified atom stereocenters. The molecule has 0 bridgehead atoms. The number of hydrogen-bond acceptors (Lipinski definition) is 5. The zero-order chi connectivity index (χ0) is 12.5. The summed E-state index contributed by atoms with van der Waals surface area (Å²) >= 11 is 0. The fourth-order valence-corrected chi connectivity index (χ4v) is 2.36. The molecule has 0 spiro atoms. The van der Waals surface area contributed by atoms with E-state index in [2.05, 4.69) is 43.9 Å². The third kappa shape index (κ3) is 1.83. The molecule has 94 valence electrons. The summed E-state index contributed by atoms with van der Waals surface area (Å²) in [7, 11) is 0. The van der Waals surface area contributed by atoms with Gasteiger partial charge in [-0.3, -0.25) is 5.10 Å². The Hall–Kier alpha value is -1.98. The molecular formula is C12H16N6. The van der Waals surface area contributed by atoms with Crippen LogP contribution in [0.4, 0.5) is 5.95 Å². The Balaban J connectivity index is 1.90. The van der Waals surface area contributed by atoms with Crippen LogP contribution in [0.2, 0.25) is 0 Å². The van der Waals surface area contributed by atoms with Crippen LogP contribution in [0.1, 0.15) is 36.7 Å². The highest BCUT2D eigenvalue weighted by Gasteiger charge is 2.24. The molecule has 6 heteroatoms. The lowest BCUT2D eigenvalue weighted by molar-refractivity contribution is 0.687. The lowest BCUT2D eigenvalue weighted by atomic mass is 10.00. The molecule has 2 aromatic heterocycles. The Morgan fingerprint density at radius 1 is 1.28 bits per heavy atom. The Morgan fingerprint density at radius 2 is 2.06 bits per heavy atom. The Kier molecular flexibility index (Phi) is 2.70. The molecule has 1 aliphatic rings. The molecular weight excluding hydrogens is 228 g/mol. The van der Waals surface area contributed by atoms with E-state index in [0.29, 0.717) is 5.92 Å². The van der Waals surface area contributed by atoms with Crippen LogP contribution >= 0.6 is 0 Å². The smallest absolute Gasteiger partial charge is 0.228 e. The number of fused-ring (bicyclic) bond motifs is 1. The first kappa shape index (κ1) is 11.1. The van der Waals surface area contributed by atoms with Crippen molar-refractivity contribution >= 4 is 5.95 Å². The van der Waals surface area contributed by atoms with E-state index in [1.807, 2.05) is 0 Å². The van der Waals surface area contributed by atoms with Crippen molar-refractivity contribution in [3.8, 4) is 0 Å². The van der Waals surface area contributed by atoms with Crippen LogP contribution in [0.3, 0.4) is 0 Å². The van der Waals surface area contributed by atoms with E-state index in [0.717, 1.165) is 31.2 Å². The maximum absolute atomic E-state index is 4.42. The van der Waals surface area contributed by atoms with Gasteiger partial charge in [-0.15, -0.1) is 0 Å². The van der Waals surface area contributed by atoms with E-state index in [4.69, 9.17) is 0 Å². The first-order valence-corrected chi connectivity index (χ1v) is 6.18. The van der Waals surface area contributed by atoms with Gasteiger partial charge >= 0.3 is 0 Å².